The first-order valence-corrected chi connectivity index (χ1v) is 10.2. The molecule has 0 aliphatic heterocycles. The minimum Gasteiger partial charge on any atom is -0.385 e. The van der Waals surface area contributed by atoms with Gasteiger partial charge in [0.2, 0.25) is 0 Å². The predicted molar refractivity (Wildman–Crippen MR) is 115 cm³/mol. The molecule has 1 N–H and O–H groups in total. The zero-order valence-corrected chi connectivity index (χ0v) is 16.8. The minimum atomic E-state index is -0.701. The Hall–Kier alpha value is -1.90. The van der Waals surface area contributed by atoms with E-state index in [-0.39, 0.29) is 0 Å². The van der Waals surface area contributed by atoms with Crippen molar-refractivity contribution in [1.82, 2.24) is 4.90 Å². The summed E-state index contributed by atoms with van der Waals surface area (Å²) in [6.45, 7) is 0.938. The molecule has 1 aliphatic rings. The van der Waals surface area contributed by atoms with E-state index in [9.17, 15) is 5.11 Å². The average molecular weight is 364 g/mol. The van der Waals surface area contributed by atoms with Crippen LogP contribution in [0.2, 0.25) is 0 Å². The van der Waals surface area contributed by atoms with Crippen LogP contribution in [0.5, 0.6) is 0 Å². The molecule has 0 aromatic heterocycles. The molecule has 0 radical (unpaired) electrons. The van der Waals surface area contributed by atoms with Gasteiger partial charge in [-0.05, 0) is 69.3 Å². The Labute approximate surface area is 164 Å². The fourth-order valence-electron chi connectivity index (χ4n) is 4.46. The van der Waals surface area contributed by atoms with Gasteiger partial charge in [-0.2, -0.15) is 0 Å². The van der Waals surface area contributed by atoms with Gasteiger partial charge in [0, 0.05) is 12.5 Å². The Balaban J connectivity index is 1.80. The molecule has 2 aromatic rings. The maximum Gasteiger partial charge on any atom is 0.0900 e. The smallest absolute Gasteiger partial charge is 0.0900 e. The van der Waals surface area contributed by atoms with Crippen LogP contribution in [0.4, 0.5) is 0 Å². The van der Waals surface area contributed by atoms with Crippen LogP contribution in [0, 0.1) is 5.92 Å². The summed E-state index contributed by atoms with van der Waals surface area (Å²) in [7, 11) is 4.22. The maximum atomic E-state index is 11.9. The molecule has 144 valence electrons. The quantitative estimate of drug-likeness (QED) is 0.732. The van der Waals surface area contributed by atoms with E-state index in [1.165, 1.54) is 16.7 Å². The zero-order chi connectivity index (χ0) is 19.1. The summed E-state index contributed by atoms with van der Waals surface area (Å²) in [5.41, 5.74) is 3.07. The lowest BCUT2D eigenvalue weighted by Gasteiger charge is -2.43. The van der Waals surface area contributed by atoms with Gasteiger partial charge in [-0.25, -0.2) is 0 Å². The van der Waals surface area contributed by atoms with Gasteiger partial charge in [-0.1, -0.05) is 66.7 Å². The van der Waals surface area contributed by atoms with Crippen molar-refractivity contribution in [2.45, 2.75) is 44.1 Å². The number of hydrogen-bond acceptors (Lipinski definition) is 2. The van der Waals surface area contributed by atoms with Gasteiger partial charge in [0.05, 0.1) is 5.60 Å². The molecule has 2 nitrogen and oxygen atoms in total. The summed E-state index contributed by atoms with van der Waals surface area (Å²) in [5, 5.41) is 11.9. The van der Waals surface area contributed by atoms with Crippen LogP contribution in [0.1, 0.15) is 43.2 Å². The topological polar surface area (TPSA) is 23.5 Å². The summed E-state index contributed by atoms with van der Waals surface area (Å²) in [6, 6.07) is 21.1. The largest absolute Gasteiger partial charge is 0.385 e. The summed E-state index contributed by atoms with van der Waals surface area (Å²) in [5.74, 6) is 0.298. The number of aryl methyl sites for hydroxylation is 1. The van der Waals surface area contributed by atoms with Gasteiger partial charge in [0.1, 0.15) is 0 Å². The third-order valence-electron chi connectivity index (χ3n) is 5.82. The van der Waals surface area contributed by atoms with E-state index in [4.69, 9.17) is 0 Å². The van der Waals surface area contributed by atoms with Gasteiger partial charge in [0.25, 0.3) is 0 Å². The Morgan fingerprint density at radius 1 is 1.04 bits per heavy atom. The zero-order valence-electron chi connectivity index (χ0n) is 16.8. The van der Waals surface area contributed by atoms with Crippen LogP contribution < -0.4 is 0 Å². The van der Waals surface area contributed by atoms with Gasteiger partial charge >= 0.3 is 0 Å². The van der Waals surface area contributed by atoms with E-state index in [1.807, 2.05) is 6.07 Å². The third-order valence-corrected chi connectivity index (χ3v) is 5.82. The molecule has 1 fully saturated rings. The van der Waals surface area contributed by atoms with Crippen LogP contribution in [0.25, 0.3) is 6.08 Å². The fourth-order valence-corrected chi connectivity index (χ4v) is 4.46. The molecule has 2 unspecified atom stereocenters. The highest BCUT2D eigenvalue weighted by molar-refractivity contribution is 5.55. The van der Waals surface area contributed by atoms with E-state index in [2.05, 4.69) is 79.7 Å². The number of rotatable bonds is 7. The van der Waals surface area contributed by atoms with Gasteiger partial charge < -0.3 is 10.0 Å². The monoisotopic (exact) mass is 363 g/mol. The molecule has 2 atom stereocenters. The number of nitrogens with zero attached hydrogens (tertiary/aromatic N) is 1. The lowest BCUT2D eigenvalue weighted by molar-refractivity contribution is -0.0208. The van der Waals surface area contributed by atoms with Crippen LogP contribution in [-0.2, 0) is 6.42 Å². The highest BCUT2D eigenvalue weighted by atomic mass is 16.3. The van der Waals surface area contributed by atoms with Crippen LogP contribution in [0.3, 0.4) is 0 Å². The second-order valence-electron chi connectivity index (χ2n) is 8.20. The van der Waals surface area contributed by atoms with Gasteiger partial charge in [-0.3, -0.25) is 0 Å². The number of aliphatic hydroxyl groups is 1. The van der Waals surface area contributed by atoms with Crippen molar-refractivity contribution in [3.8, 4) is 0 Å². The lowest BCUT2D eigenvalue weighted by Crippen LogP contribution is -2.47. The molecule has 1 aliphatic carbocycles. The predicted octanol–water partition coefficient (Wildman–Crippen LogP) is 5.19. The molecule has 0 spiro atoms. The lowest BCUT2D eigenvalue weighted by atomic mass is 9.68. The normalized spacial score (nSPS) is 24.4. The Kier molecular flexibility index (Phi) is 6.87. The first kappa shape index (κ1) is 19.9. The Bertz CT molecular complexity index is 723. The van der Waals surface area contributed by atoms with Crippen molar-refractivity contribution in [2.24, 2.45) is 5.92 Å². The second kappa shape index (κ2) is 9.34. The third kappa shape index (κ3) is 5.31. The molecule has 27 heavy (non-hydrogen) atoms. The van der Waals surface area contributed by atoms with E-state index in [1.54, 1.807) is 0 Å². The Morgan fingerprint density at radius 2 is 1.70 bits per heavy atom. The summed E-state index contributed by atoms with van der Waals surface area (Å²) in [6.07, 6.45) is 8.38. The number of hydrogen-bond donors (Lipinski definition) is 1. The van der Waals surface area contributed by atoms with E-state index >= 15 is 0 Å². The van der Waals surface area contributed by atoms with E-state index in [0.717, 1.165) is 45.1 Å². The molecule has 0 heterocycles. The first-order valence-electron chi connectivity index (χ1n) is 10.2. The highest BCUT2D eigenvalue weighted by Crippen LogP contribution is 2.42. The fraction of sp³-hybridized carbons (Fsp3) is 0.440. The van der Waals surface area contributed by atoms with Gasteiger partial charge in [-0.15, -0.1) is 0 Å². The first-order chi connectivity index (χ1) is 13.1. The minimum absolute atomic E-state index is 0.298. The van der Waals surface area contributed by atoms with Crippen molar-refractivity contribution < 1.29 is 5.11 Å². The number of benzene rings is 2. The molecule has 0 amide bonds. The van der Waals surface area contributed by atoms with E-state index < -0.39 is 5.60 Å². The van der Waals surface area contributed by atoms with Crippen molar-refractivity contribution in [3.05, 3.63) is 77.4 Å². The summed E-state index contributed by atoms with van der Waals surface area (Å²) < 4.78 is 0. The molecular weight excluding hydrogens is 330 g/mol. The van der Waals surface area contributed by atoms with Gasteiger partial charge in [0.15, 0.2) is 0 Å². The highest BCUT2D eigenvalue weighted by Gasteiger charge is 2.42. The standard InChI is InChI=1S/C25H33NO/c1-26(2)20-24-17-9-16-23(19-22-13-7-4-8-14-22)25(24,27)18-10-15-21-11-5-3-6-12-21/h3-8,11-14,19,24,27H,9-10,15-18,20H2,1-2H3/b23-19+. The van der Waals surface area contributed by atoms with Crippen molar-refractivity contribution in [3.63, 3.8) is 0 Å². The van der Waals surface area contributed by atoms with Crippen molar-refractivity contribution in [1.29, 1.82) is 0 Å². The van der Waals surface area contributed by atoms with Crippen LogP contribution >= 0.6 is 0 Å². The Morgan fingerprint density at radius 3 is 2.37 bits per heavy atom. The molecule has 0 bridgehead atoms. The summed E-state index contributed by atoms with van der Waals surface area (Å²) >= 11 is 0. The average Bonchev–Trinajstić information content (AvgIpc) is 2.67. The molecule has 1 saturated carbocycles. The maximum absolute atomic E-state index is 11.9. The molecular formula is C25H33NO. The summed E-state index contributed by atoms with van der Waals surface area (Å²) in [4.78, 5) is 2.22. The van der Waals surface area contributed by atoms with Crippen molar-refractivity contribution in [2.75, 3.05) is 20.6 Å². The van der Waals surface area contributed by atoms with E-state index in [0.29, 0.717) is 5.92 Å². The second-order valence-corrected chi connectivity index (χ2v) is 8.20. The van der Waals surface area contributed by atoms with Crippen LogP contribution in [0.15, 0.2) is 66.2 Å². The molecule has 2 heteroatoms. The molecule has 0 saturated heterocycles. The van der Waals surface area contributed by atoms with Crippen LogP contribution in [-0.4, -0.2) is 36.2 Å². The molecule has 3 rings (SSSR count). The van der Waals surface area contributed by atoms with Crippen molar-refractivity contribution >= 4 is 6.08 Å². The SMILES string of the molecule is CN(C)CC1CCC/C(=C\c2ccccc2)C1(O)CCCc1ccccc1. The molecule has 2 aromatic carbocycles.